The van der Waals surface area contributed by atoms with Crippen molar-refractivity contribution in [2.75, 3.05) is 6.61 Å². The minimum Gasteiger partial charge on any atom is -0.488 e. The van der Waals surface area contributed by atoms with E-state index in [1.54, 1.807) is 50.4 Å². The van der Waals surface area contributed by atoms with Crippen LogP contribution < -0.4 is 14.8 Å². The van der Waals surface area contributed by atoms with Gasteiger partial charge in [-0.1, -0.05) is 48.0 Å². The molecule has 0 unspecified atom stereocenters. The Kier molecular flexibility index (Phi) is 10.3. The number of hydrogen-bond acceptors (Lipinski definition) is 8. The second kappa shape index (κ2) is 14.5. The van der Waals surface area contributed by atoms with E-state index < -0.39 is 18.6 Å². The highest BCUT2D eigenvalue weighted by Gasteiger charge is 2.28. The van der Waals surface area contributed by atoms with E-state index in [0.29, 0.717) is 51.6 Å². The fourth-order valence-electron chi connectivity index (χ4n) is 5.32. The third kappa shape index (κ3) is 7.60. The fraction of sp³-hybridized carbons (Fsp3) is 0.286. The number of nitrogens with one attached hydrogen (secondary N) is 1. The van der Waals surface area contributed by atoms with Crippen LogP contribution in [0.4, 0.5) is 4.39 Å². The standard InChI is InChI=1S/C35H33ClFN3O5/c1-21(2)44-35(42)31(19-41)40-18-24-13-29(36)34(14-33(24)43-20-23-12-22(15-38)16-39-17-23)45-32-11-10-26-25(7-5-8-28(26)32)27-6-3-4-9-30(27)37/h3-9,12-14,16-17,21,31-32,40-41H,10-11,18-20H2,1-2H3/t31-,32-/m0/s1. The van der Waals surface area contributed by atoms with Crippen LogP contribution in [-0.4, -0.2) is 34.8 Å². The molecule has 1 aliphatic carbocycles. The Morgan fingerprint density at radius 1 is 1.13 bits per heavy atom. The molecule has 1 aliphatic rings. The van der Waals surface area contributed by atoms with Crippen LogP contribution in [0.25, 0.3) is 11.1 Å². The summed E-state index contributed by atoms with van der Waals surface area (Å²) in [5.74, 6) is -0.0290. The molecule has 0 bridgehead atoms. The molecule has 0 fully saturated rings. The summed E-state index contributed by atoms with van der Waals surface area (Å²) in [6, 6.07) is 18.7. The maximum atomic E-state index is 14.7. The first-order valence-corrected chi connectivity index (χ1v) is 15.0. The lowest BCUT2D eigenvalue weighted by Gasteiger charge is -2.21. The lowest BCUT2D eigenvalue weighted by molar-refractivity contribution is -0.151. The average molecular weight is 630 g/mol. The van der Waals surface area contributed by atoms with Crippen LogP contribution in [0.5, 0.6) is 11.5 Å². The zero-order valence-electron chi connectivity index (χ0n) is 24.9. The number of nitrogens with zero attached hydrogens (tertiary/aromatic N) is 2. The highest BCUT2D eigenvalue weighted by molar-refractivity contribution is 6.32. The quantitative estimate of drug-likeness (QED) is 0.172. The number of pyridine rings is 1. The Morgan fingerprint density at radius 3 is 2.69 bits per heavy atom. The molecule has 2 N–H and O–H groups in total. The number of aliphatic hydroxyl groups is 1. The largest absolute Gasteiger partial charge is 0.488 e. The minimum atomic E-state index is -0.954. The van der Waals surface area contributed by atoms with E-state index in [1.165, 1.54) is 12.3 Å². The number of rotatable bonds is 12. The molecule has 0 saturated heterocycles. The Labute approximate surface area is 266 Å². The maximum absolute atomic E-state index is 14.7. The first-order chi connectivity index (χ1) is 21.8. The molecule has 0 spiro atoms. The Bertz CT molecular complexity index is 1720. The summed E-state index contributed by atoms with van der Waals surface area (Å²) < 4.78 is 32.6. The van der Waals surface area contributed by atoms with E-state index in [-0.39, 0.29) is 31.2 Å². The molecule has 4 aromatic rings. The van der Waals surface area contributed by atoms with Crippen molar-refractivity contribution in [3.8, 4) is 28.7 Å². The SMILES string of the molecule is CC(C)OC(=O)[C@H](CO)NCc1cc(Cl)c(O[C@H]2CCc3c(-c4ccccc4F)cccc32)cc1OCc1cncc(C#N)c1. The maximum Gasteiger partial charge on any atom is 0.325 e. The van der Waals surface area contributed by atoms with Crippen molar-refractivity contribution < 1.29 is 28.5 Å². The van der Waals surface area contributed by atoms with Gasteiger partial charge in [-0.25, -0.2) is 4.39 Å². The highest BCUT2D eigenvalue weighted by atomic mass is 35.5. The molecular weight excluding hydrogens is 597 g/mol. The Hall–Kier alpha value is -4.49. The molecule has 2 atom stereocenters. The number of carbonyl (C=O) groups excluding carboxylic acids is 1. The van der Waals surface area contributed by atoms with Crippen LogP contribution >= 0.6 is 11.6 Å². The van der Waals surface area contributed by atoms with Gasteiger partial charge in [-0.15, -0.1) is 0 Å². The van der Waals surface area contributed by atoms with E-state index in [2.05, 4.69) is 16.4 Å². The summed E-state index contributed by atoms with van der Waals surface area (Å²) >= 11 is 6.75. The van der Waals surface area contributed by atoms with Crippen molar-refractivity contribution in [1.82, 2.24) is 10.3 Å². The number of esters is 1. The van der Waals surface area contributed by atoms with Gasteiger partial charge in [0.1, 0.15) is 42.1 Å². The molecule has 1 aromatic heterocycles. The smallest absolute Gasteiger partial charge is 0.325 e. The molecule has 8 nitrogen and oxygen atoms in total. The third-order valence-electron chi connectivity index (χ3n) is 7.44. The predicted molar refractivity (Wildman–Crippen MR) is 167 cm³/mol. The first kappa shape index (κ1) is 31.9. The number of fused-ring (bicyclic) bond motifs is 1. The number of nitriles is 1. The number of ether oxygens (including phenoxy) is 3. The van der Waals surface area contributed by atoms with Gasteiger partial charge in [0.25, 0.3) is 0 Å². The second-order valence-electron chi connectivity index (χ2n) is 11.0. The van der Waals surface area contributed by atoms with E-state index in [4.69, 9.17) is 25.8 Å². The highest BCUT2D eigenvalue weighted by Crippen LogP contribution is 2.43. The van der Waals surface area contributed by atoms with Gasteiger partial charge >= 0.3 is 5.97 Å². The molecule has 0 amide bonds. The van der Waals surface area contributed by atoms with Crippen LogP contribution in [0.1, 0.15) is 54.2 Å². The Morgan fingerprint density at radius 2 is 1.93 bits per heavy atom. The van der Waals surface area contributed by atoms with E-state index >= 15 is 0 Å². The monoisotopic (exact) mass is 629 g/mol. The average Bonchev–Trinajstić information content (AvgIpc) is 3.44. The summed E-state index contributed by atoms with van der Waals surface area (Å²) in [4.78, 5) is 16.5. The number of aliphatic hydroxyl groups excluding tert-OH is 1. The summed E-state index contributed by atoms with van der Waals surface area (Å²) in [6.45, 7) is 3.24. The molecule has 1 heterocycles. The third-order valence-corrected chi connectivity index (χ3v) is 7.74. The summed E-state index contributed by atoms with van der Waals surface area (Å²) in [6.07, 6.45) is 3.82. The minimum absolute atomic E-state index is 0.105. The molecule has 5 rings (SSSR count). The van der Waals surface area contributed by atoms with Crippen molar-refractivity contribution in [2.45, 2.75) is 58.1 Å². The molecule has 0 radical (unpaired) electrons. The van der Waals surface area contributed by atoms with Gasteiger partial charge in [0.05, 0.1) is 23.3 Å². The van der Waals surface area contributed by atoms with Crippen molar-refractivity contribution in [3.05, 3.63) is 112 Å². The van der Waals surface area contributed by atoms with Crippen molar-refractivity contribution in [3.63, 3.8) is 0 Å². The number of benzene rings is 3. The van der Waals surface area contributed by atoms with E-state index in [1.807, 2.05) is 24.3 Å². The van der Waals surface area contributed by atoms with Gasteiger partial charge < -0.3 is 19.3 Å². The summed E-state index contributed by atoms with van der Waals surface area (Å²) in [7, 11) is 0. The molecule has 10 heteroatoms. The Balaban J connectivity index is 1.42. The van der Waals surface area contributed by atoms with Gasteiger partial charge in [-0.3, -0.25) is 15.1 Å². The molecule has 0 saturated carbocycles. The van der Waals surface area contributed by atoms with Crippen LogP contribution in [0.3, 0.4) is 0 Å². The molecular formula is C35H33ClFN3O5. The zero-order chi connectivity index (χ0) is 31.9. The lowest BCUT2D eigenvalue weighted by Crippen LogP contribution is -2.41. The van der Waals surface area contributed by atoms with E-state index in [9.17, 15) is 19.6 Å². The predicted octanol–water partition coefficient (Wildman–Crippen LogP) is 6.46. The van der Waals surface area contributed by atoms with Crippen molar-refractivity contribution in [2.24, 2.45) is 0 Å². The molecule has 3 aromatic carbocycles. The molecule has 45 heavy (non-hydrogen) atoms. The number of hydrogen-bond donors (Lipinski definition) is 2. The number of aromatic nitrogens is 1. The topological polar surface area (TPSA) is 114 Å². The van der Waals surface area contributed by atoms with E-state index in [0.717, 1.165) is 16.7 Å². The van der Waals surface area contributed by atoms with Gasteiger partial charge in [0.15, 0.2) is 0 Å². The van der Waals surface area contributed by atoms with Crippen LogP contribution in [0.15, 0.2) is 73.1 Å². The number of halogens is 2. The van der Waals surface area contributed by atoms with Gasteiger partial charge in [-0.05, 0) is 61.6 Å². The number of carbonyl (C=O) groups is 1. The summed E-state index contributed by atoms with van der Waals surface area (Å²) in [5, 5.41) is 22.4. The van der Waals surface area contributed by atoms with Crippen molar-refractivity contribution in [1.29, 1.82) is 5.26 Å². The summed E-state index contributed by atoms with van der Waals surface area (Å²) in [5.41, 5.74) is 5.10. The van der Waals surface area contributed by atoms with Gasteiger partial charge in [0.2, 0.25) is 0 Å². The van der Waals surface area contributed by atoms with Crippen LogP contribution in [0, 0.1) is 17.1 Å². The van der Waals surface area contributed by atoms with Crippen LogP contribution in [-0.2, 0) is 29.1 Å². The lowest BCUT2D eigenvalue weighted by atomic mass is 9.96. The normalized spacial score (nSPS) is 14.5. The van der Waals surface area contributed by atoms with Gasteiger partial charge in [-0.2, -0.15) is 5.26 Å². The second-order valence-corrected chi connectivity index (χ2v) is 11.4. The van der Waals surface area contributed by atoms with Crippen LogP contribution in [0.2, 0.25) is 5.02 Å². The molecule has 232 valence electrons. The zero-order valence-corrected chi connectivity index (χ0v) is 25.7. The fourth-order valence-corrected chi connectivity index (χ4v) is 5.55. The first-order valence-electron chi connectivity index (χ1n) is 14.6. The molecule has 0 aliphatic heterocycles. The van der Waals surface area contributed by atoms with Gasteiger partial charge in [0, 0.05) is 41.7 Å². The van der Waals surface area contributed by atoms with Crippen molar-refractivity contribution >= 4 is 17.6 Å².